The van der Waals surface area contributed by atoms with E-state index in [2.05, 4.69) is 9.55 Å². The Bertz CT molecular complexity index is 684. The number of carbonyl (C=O) groups is 1. The number of nitrogens with zero attached hydrogens (tertiary/aromatic N) is 2. The summed E-state index contributed by atoms with van der Waals surface area (Å²) in [5, 5.41) is 9.47. The lowest BCUT2D eigenvalue weighted by Crippen LogP contribution is -2.16. The van der Waals surface area contributed by atoms with E-state index in [-0.39, 0.29) is 0 Å². The van der Waals surface area contributed by atoms with Crippen LogP contribution in [-0.2, 0) is 0 Å². The van der Waals surface area contributed by atoms with Gasteiger partial charge < -0.3 is 9.67 Å². The van der Waals surface area contributed by atoms with E-state index in [1.807, 2.05) is 13.0 Å². The maximum atomic E-state index is 11.5. The highest BCUT2D eigenvalue weighted by atomic mass is 16.4. The smallest absolute Gasteiger partial charge is 0.337 e. The summed E-state index contributed by atoms with van der Waals surface area (Å²) in [5.74, 6) is 1.54. The number of carboxylic acid groups (broad SMARTS) is 1. The highest BCUT2D eigenvalue weighted by molar-refractivity contribution is 6.01. The molecule has 0 spiro atoms. The van der Waals surface area contributed by atoms with Crippen molar-refractivity contribution < 1.29 is 9.90 Å². The van der Waals surface area contributed by atoms with Crippen molar-refractivity contribution in [2.45, 2.75) is 38.6 Å². The molecule has 4 nitrogen and oxygen atoms in total. The van der Waals surface area contributed by atoms with Gasteiger partial charge in [-0.1, -0.05) is 6.07 Å². The molecule has 0 bridgehead atoms. The van der Waals surface area contributed by atoms with Crippen LogP contribution in [0.4, 0.5) is 0 Å². The summed E-state index contributed by atoms with van der Waals surface area (Å²) < 4.78 is 2.23. The lowest BCUT2D eigenvalue weighted by molar-refractivity contribution is 0.0698. The first-order chi connectivity index (χ1) is 9.66. The van der Waals surface area contributed by atoms with Crippen molar-refractivity contribution in [3.05, 3.63) is 29.6 Å². The van der Waals surface area contributed by atoms with E-state index in [0.29, 0.717) is 11.6 Å². The molecule has 1 heterocycles. The van der Waals surface area contributed by atoms with E-state index in [1.54, 1.807) is 12.1 Å². The lowest BCUT2D eigenvalue weighted by Gasteiger charge is -2.21. The number of fused-ring (bicyclic) bond motifs is 1. The van der Waals surface area contributed by atoms with Crippen LogP contribution in [0.15, 0.2) is 18.2 Å². The Morgan fingerprint density at radius 1 is 1.30 bits per heavy atom. The van der Waals surface area contributed by atoms with Crippen molar-refractivity contribution >= 4 is 17.0 Å². The number of para-hydroxylation sites is 1. The van der Waals surface area contributed by atoms with Crippen LogP contribution < -0.4 is 0 Å². The number of hydrogen-bond donors (Lipinski definition) is 1. The van der Waals surface area contributed by atoms with Crippen molar-refractivity contribution in [1.82, 2.24) is 9.55 Å². The average Bonchev–Trinajstić information content (AvgIpc) is 3.30. The van der Waals surface area contributed by atoms with Crippen LogP contribution in [0, 0.1) is 18.8 Å². The fraction of sp³-hybridized carbons (Fsp3) is 0.500. The Morgan fingerprint density at radius 3 is 2.50 bits per heavy atom. The minimum Gasteiger partial charge on any atom is -0.478 e. The Balaban J connectivity index is 1.97. The van der Waals surface area contributed by atoms with E-state index in [0.717, 1.165) is 28.7 Å². The highest BCUT2D eigenvalue weighted by Gasteiger charge is 2.44. The number of hydrogen-bond acceptors (Lipinski definition) is 2. The first kappa shape index (κ1) is 11.9. The number of aryl methyl sites for hydroxylation is 1. The van der Waals surface area contributed by atoms with Crippen LogP contribution in [0.3, 0.4) is 0 Å². The van der Waals surface area contributed by atoms with Crippen LogP contribution in [0.5, 0.6) is 0 Å². The van der Waals surface area contributed by atoms with Crippen molar-refractivity contribution in [3.63, 3.8) is 0 Å². The van der Waals surface area contributed by atoms with Gasteiger partial charge in [0.05, 0.1) is 16.6 Å². The van der Waals surface area contributed by atoms with Gasteiger partial charge in [-0.25, -0.2) is 9.78 Å². The minimum atomic E-state index is -0.859. The van der Waals surface area contributed by atoms with Crippen LogP contribution in [0.2, 0.25) is 0 Å². The van der Waals surface area contributed by atoms with Gasteiger partial charge in [0.1, 0.15) is 5.82 Å². The zero-order valence-electron chi connectivity index (χ0n) is 11.5. The predicted molar refractivity (Wildman–Crippen MR) is 75.9 cm³/mol. The molecule has 0 radical (unpaired) electrons. The Morgan fingerprint density at radius 2 is 1.95 bits per heavy atom. The third-order valence-electron chi connectivity index (χ3n) is 4.63. The second-order valence-electron chi connectivity index (χ2n) is 6.17. The molecule has 2 saturated carbocycles. The Hall–Kier alpha value is -1.84. The molecule has 0 amide bonds. The average molecular weight is 270 g/mol. The van der Waals surface area contributed by atoms with Gasteiger partial charge in [-0.3, -0.25) is 0 Å². The summed E-state index contributed by atoms with van der Waals surface area (Å²) in [6.07, 6.45) is 5.09. The summed E-state index contributed by atoms with van der Waals surface area (Å²) in [6.45, 7) is 2.00. The lowest BCUT2D eigenvalue weighted by atomic mass is 10.1. The second-order valence-corrected chi connectivity index (χ2v) is 6.17. The predicted octanol–water partition coefficient (Wildman–Crippen LogP) is 3.40. The Labute approximate surface area is 117 Å². The quantitative estimate of drug-likeness (QED) is 0.926. The van der Waals surface area contributed by atoms with E-state index < -0.39 is 5.97 Å². The number of imidazole rings is 1. The van der Waals surface area contributed by atoms with Gasteiger partial charge in [-0.05, 0) is 56.6 Å². The van der Waals surface area contributed by atoms with Gasteiger partial charge in [-0.15, -0.1) is 0 Å². The van der Waals surface area contributed by atoms with E-state index >= 15 is 0 Å². The molecule has 104 valence electrons. The molecule has 0 atom stereocenters. The minimum absolute atomic E-state index is 0.384. The van der Waals surface area contributed by atoms with Gasteiger partial charge in [0.2, 0.25) is 0 Å². The van der Waals surface area contributed by atoms with Crippen LogP contribution in [-0.4, -0.2) is 20.6 Å². The van der Waals surface area contributed by atoms with Crippen LogP contribution >= 0.6 is 0 Å². The third-order valence-corrected chi connectivity index (χ3v) is 4.63. The molecule has 1 aromatic carbocycles. The monoisotopic (exact) mass is 270 g/mol. The van der Waals surface area contributed by atoms with Crippen molar-refractivity contribution in [1.29, 1.82) is 0 Å². The summed E-state index contributed by atoms with van der Waals surface area (Å²) in [6, 6.07) is 5.85. The van der Waals surface area contributed by atoms with Gasteiger partial charge in [0, 0.05) is 6.04 Å². The number of carboxylic acids is 1. The third kappa shape index (κ3) is 1.74. The molecular formula is C16H18N2O2. The molecule has 4 heteroatoms. The highest BCUT2D eigenvalue weighted by Crippen LogP contribution is 2.53. The molecule has 0 saturated heterocycles. The Kier molecular flexibility index (Phi) is 2.43. The summed E-state index contributed by atoms with van der Waals surface area (Å²) in [7, 11) is 0. The topological polar surface area (TPSA) is 55.1 Å². The zero-order chi connectivity index (χ0) is 13.9. The van der Waals surface area contributed by atoms with E-state index in [9.17, 15) is 9.90 Å². The number of aromatic nitrogens is 2. The molecule has 1 aromatic heterocycles. The van der Waals surface area contributed by atoms with Gasteiger partial charge in [-0.2, -0.15) is 0 Å². The fourth-order valence-corrected chi connectivity index (χ4v) is 3.48. The molecular weight excluding hydrogens is 252 g/mol. The molecule has 0 unspecified atom stereocenters. The standard InChI is InChI=1S/C16H18N2O2/c1-9-17-13-4-2-3-12(16(19)20)15(13)18(9)14(10-5-6-10)11-7-8-11/h2-4,10-11,14H,5-8H2,1H3,(H,19,20). The van der Waals surface area contributed by atoms with Gasteiger partial charge in [0.25, 0.3) is 0 Å². The van der Waals surface area contributed by atoms with Crippen LogP contribution in [0.25, 0.3) is 11.0 Å². The molecule has 1 N–H and O–H groups in total. The largest absolute Gasteiger partial charge is 0.478 e. The summed E-state index contributed by atoms with van der Waals surface area (Å²) in [5.41, 5.74) is 2.02. The molecule has 2 fully saturated rings. The maximum absolute atomic E-state index is 11.5. The normalized spacial score (nSPS) is 18.9. The van der Waals surface area contributed by atoms with Crippen molar-refractivity contribution in [2.75, 3.05) is 0 Å². The van der Waals surface area contributed by atoms with Crippen molar-refractivity contribution in [3.8, 4) is 0 Å². The SMILES string of the molecule is Cc1nc2cccc(C(=O)O)c2n1C(C1CC1)C1CC1. The first-order valence-electron chi connectivity index (χ1n) is 7.37. The molecule has 0 aliphatic heterocycles. The molecule has 2 aromatic rings. The second kappa shape index (κ2) is 4.08. The molecule has 4 rings (SSSR count). The number of aromatic carboxylic acids is 1. The first-order valence-corrected chi connectivity index (χ1v) is 7.37. The van der Waals surface area contributed by atoms with E-state index in [1.165, 1.54) is 25.7 Å². The van der Waals surface area contributed by atoms with E-state index in [4.69, 9.17) is 0 Å². The molecule has 2 aliphatic carbocycles. The van der Waals surface area contributed by atoms with Crippen LogP contribution in [0.1, 0.15) is 47.9 Å². The summed E-state index contributed by atoms with van der Waals surface area (Å²) >= 11 is 0. The van der Waals surface area contributed by atoms with Gasteiger partial charge in [0.15, 0.2) is 0 Å². The molecule has 20 heavy (non-hydrogen) atoms. The van der Waals surface area contributed by atoms with Crippen molar-refractivity contribution in [2.24, 2.45) is 11.8 Å². The van der Waals surface area contributed by atoms with Gasteiger partial charge >= 0.3 is 5.97 Å². The molecule has 2 aliphatic rings. The zero-order valence-corrected chi connectivity index (χ0v) is 11.5. The maximum Gasteiger partial charge on any atom is 0.337 e. The number of benzene rings is 1. The summed E-state index contributed by atoms with van der Waals surface area (Å²) in [4.78, 5) is 16.1. The fourth-order valence-electron chi connectivity index (χ4n) is 3.48. The number of rotatable bonds is 4.